The third-order valence-corrected chi connectivity index (χ3v) is 5.11. The first-order chi connectivity index (χ1) is 9.86. The van der Waals surface area contributed by atoms with Crippen molar-refractivity contribution in [2.75, 3.05) is 19.7 Å². The molecular weight excluding hydrogens is 318 g/mol. The number of carbonyl (C=O) groups is 1. The van der Waals surface area contributed by atoms with Crippen LogP contribution in [-0.2, 0) is 14.8 Å². The zero-order valence-electron chi connectivity index (χ0n) is 11.8. The molecule has 0 aliphatic carbocycles. The second-order valence-electron chi connectivity index (χ2n) is 4.04. The molecule has 1 amide bonds. The maximum Gasteiger partial charge on any atom is 0.271 e. The zero-order valence-corrected chi connectivity index (χ0v) is 13.4. The third-order valence-electron chi connectivity index (χ3n) is 2.77. The SMILES string of the molecule is CCN(CC)S(=O)(=O)c1ccc(OCC(=O)NN)c(Cl)c1. The third kappa shape index (κ3) is 4.31. The highest BCUT2D eigenvalue weighted by atomic mass is 35.5. The van der Waals surface area contributed by atoms with Crippen LogP contribution in [0.1, 0.15) is 13.8 Å². The summed E-state index contributed by atoms with van der Waals surface area (Å²) in [6, 6.07) is 4.09. The molecule has 0 heterocycles. The number of benzene rings is 1. The van der Waals surface area contributed by atoms with Crippen LogP contribution in [0.5, 0.6) is 5.75 Å². The van der Waals surface area contributed by atoms with Crippen molar-refractivity contribution in [2.45, 2.75) is 18.7 Å². The Balaban J connectivity index is 2.99. The molecule has 0 aromatic heterocycles. The number of ether oxygens (including phenoxy) is 1. The van der Waals surface area contributed by atoms with Gasteiger partial charge in [-0.1, -0.05) is 25.4 Å². The van der Waals surface area contributed by atoms with Crippen molar-refractivity contribution in [3.8, 4) is 5.75 Å². The fraction of sp³-hybridized carbons (Fsp3) is 0.417. The van der Waals surface area contributed by atoms with E-state index in [1.165, 1.54) is 22.5 Å². The Morgan fingerprint density at radius 1 is 1.38 bits per heavy atom. The van der Waals surface area contributed by atoms with Gasteiger partial charge in [0, 0.05) is 13.1 Å². The lowest BCUT2D eigenvalue weighted by Gasteiger charge is -2.19. The summed E-state index contributed by atoms with van der Waals surface area (Å²) in [6.07, 6.45) is 0. The summed E-state index contributed by atoms with van der Waals surface area (Å²) < 4.78 is 31.1. The molecule has 1 aromatic rings. The van der Waals surface area contributed by atoms with E-state index >= 15 is 0 Å². The van der Waals surface area contributed by atoms with Gasteiger partial charge in [0.25, 0.3) is 5.91 Å². The van der Waals surface area contributed by atoms with Crippen LogP contribution >= 0.6 is 11.6 Å². The van der Waals surface area contributed by atoms with E-state index in [-0.39, 0.29) is 22.3 Å². The van der Waals surface area contributed by atoms with E-state index in [4.69, 9.17) is 22.2 Å². The molecule has 9 heteroatoms. The van der Waals surface area contributed by atoms with Gasteiger partial charge in [-0.05, 0) is 18.2 Å². The number of amides is 1. The summed E-state index contributed by atoms with van der Waals surface area (Å²) in [6.45, 7) is 3.94. The summed E-state index contributed by atoms with van der Waals surface area (Å²) in [5, 5.41) is 0.105. The summed E-state index contributed by atoms with van der Waals surface area (Å²) >= 11 is 5.98. The maximum absolute atomic E-state index is 12.3. The van der Waals surface area contributed by atoms with Gasteiger partial charge in [-0.25, -0.2) is 14.3 Å². The van der Waals surface area contributed by atoms with E-state index in [0.29, 0.717) is 13.1 Å². The van der Waals surface area contributed by atoms with Crippen molar-refractivity contribution in [2.24, 2.45) is 5.84 Å². The van der Waals surface area contributed by atoms with Gasteiger partial charge in [-0.3, -0.25) is 10.2 Å². The Morgan fingerprint density at radius 2 is 2.00 bits per heavy atom. The van der Waals surface area contributed by atoms with E-state index in [1.807, 2.05) is 5.43 Å². The first kappa shape index (κ1) is 17.7. The van der Waals surface area contributed by atoms with Crippen LogP contribution in [0.4, 0.5) is 0 Å². The molecule has 0 spiro atoms. The standard InChI is InChI=1S/C12H18ClN3O4S/c1-3-16(4-2)21(18,19)9-5-6-11(10(13)7-9)20-8-12(17)15-14/h5-7H,3-4,8,14H2,1-2H3,(H,15,17). The van der Waals surface area contributed by atoms with Gasteiger partial charge < -0.3 is 4.74 Å². The van der Waals surface area contributed by atoms with Crippen LogP contribution in [0.15, 0.2) is 23.1 Å². The molecule has 0 aliphatic heterocycles. The fourth-order valence-electron chi connectivity index (χ4n) is 1.66. The van der Waals surface area contributed by atoms with Crippen molar-refractivity contribution >= 4 is 27.5 Å². The van der Waals surface area contributed by atoms with Crippen LogP contribution in [0.25, 0.3) is 0 Å². The Hall–Kier alpha value is -1.35. The van der Waals surface area contributed by atoms with Crippen LogP contribution < -0.4 is 16.0 Å². The van der Waals surface area contributed by atoms with E-state index in [1.54, 1.807) is 13.8 Å². The van der Waals surface area contributed by atoms with Gasteiger partial charge in [0.15, 0.2) is 6.61 Å². The van der Waals surface area contributed by atoms with Crippen LogP contribution in [0, 0.1) is 0 Å². The van der Waals surface area contributed by atoms with Crippen molar-refractivity contribution in [3.05, 3.63) is 23.2 Å². The molecule has 7 nitrogen and oxygen atoms in total. The predicted molar refractivity (Wildman–Crippen MR) is 79.4 cm³/mol. The molecule has 0 unspecified atom stereocenters. The molecule has 0 bridgehead atoms. The van der Waals surface area contributed by atoms with Crippen LogP contribution in [0.3, 0.4) is 0 Å². The molecule has 1 aromatic carbocycles. The van der Waals surface area contributed by atoms with Gasteiger partial charge in [0.05, 0.1) is 9.92 Å². The highest BCUT2D eigenvalue weighted by Gasteiger charge is 2.22. The Kier molecular flexibility index (Phi) is 6.41. The molecule has 0 fully saturated rings. The second kappa shape index (κ2) is 7.60. The van der Waals surface area contributed by atoms with E-state index in [2.05, 4.69) is 0 Å². The van der Waals surface area contributed by atoms with Crippen LogP contribution in [0.2, 0.25) is 5.02 Å². The minimum Gasteiger partial charge on any atom is -0.482 e. The summed E-state index contributed by atoms with van der Waals surface area (Å²) in [4.78, 5) is 11.1. The topological polar surface area (TPSA) is 102 Å². The smallest absolute Gasteiger partial charge is 0.271 e. The highest BCUT2D eigenvalue weighted by Crippen LogP contribution is 2.28. The second-order valence-corrected chi connectivity index (χ2v) is 6.38. The monoisotopic (exact) mass is 335 g/mol. The van der Waals surface area contributed by atoms with Crippen molar-refractivity contribution in [3.63, 3.8) is 0 Å². The predicted octanol–water partition coefficient (Wildman–Crippen LogP) is 0.739. The lowest BCUT2D eigenvalue weighted by atomic mass is 10.3. The van der Waals surface area contributed by atoms with Gasteiger partial charge in [0.2, 0.25) is 10.0 Å². The maximum atomic E-state index is 12.3. The normalized spacial score (nSPS) is 11.5. The van der Waals surface area contributed by atoms with Crippen molar-refractivity contribution in [1.82, 2.24) is 9.73 Å². The Morgan fingerprint density at radius 3 is 2.48 bits per heavy atom. The molecule has 1 rings (SSSR count). The number of nitrogens with two attached hydrogens (primary N) is 1. The molecule has 0 aliphatic rings. The number of hydrogen-bond donors (Lipinski definition) is 2. The first-order valence-corrected chi connectivity index (χ1v) is 8.10. The quantitative estimate of drug-likeness (QED) is 0.434. The highest BCUT2D eigenvalue weighted by molar-refractivity contribution is 7.89. The number of sulfonamides is 1. The Bertz CT molecular complexity index is 603. The molecule has 0 atom stereocenters. The van der Waals surface area contributed by atoms with Gasteiger partial charge in [-0.15, -0.1) is 0 Å². The summed E-state index contributed by atoms with van der Waals surface area (Å²) in [5.41, 5.74) is 1.91. The van der Waals surface area contributed by atoms with Gasteiger partial charge in [0.1, 0.15) is 5.75 Å². The number of carbonyl (C=O) groups excluding carboxylic acids is 1. The largest absolute Gasteiger partial charge is 0.482 e. The number of rotatable bonds is 7. The number of nitrogens with zero attached hydrogens (tertiary/aromatic N) is 1. The first-order valence-electron chi connectivity index (χ1n) is 6.28. The summed E-state index contributed by atoms with van der Waals surface area (Å²) in [7, 11) is -3.58. The molecule has 118 valence electrons. The molecule has 0 radical (unpaired) electrons. The molecule has 0 saturated carbocycles. The van der Waals surface area contributed by atoms with Crippen molar-refractivity contribution in [1.29, 1.82) is 0 Å². The van der Waals surface area contributed by atoms with Gasteiger partial charge >= 0.3 is 0 Å². The van der Waals surface area contributed by atoms with Crippen molar-refractivity contribution < 1.29 is 17.9 Å². The Labute approximate surface area is 129 Å². The average molecular weight is 336 g/mol. The molecular formula is C12H18ClN3O4S. The van der Waals surface area contributed by atoms with E-state index < -0.39 is 15.9 Å². The van der Waals surface area contributed by atoms with Crippen LogP contribution in [-0.4, -0.2) is 38.3 Å². The fourth-order valence-corrected chi connectivity index (χ4v) is 3.44. The molecule has 3 N–H and O–H groups in total. The van der Waals surface area contributed by atoms with E-state index in [9.17, 15) is 13.2 Å². The summed E-state index contributed by atoms with van der Waals surface area (Å²) in [5.74, 6) is 4.61. The number of hydrazine groups is 1. The minimum absolute atomic E-state index is 0.0758. The lowest BCUT2D eigenvalue weighted by molar-refractivity contribution is -0.123. The zero-order chi connectivity index (χ0) is 16.0. The average Bonchev–Trinajstić information content (AvgIpc) is 2.46. The number of hydrogen-bond acceptors (Lipinski definition) is 5. The molecule has 0 saturated heterocycles. The minimum atomic E-state index is -3.58. The lowest BCUT2D eigenvalue weighted by Crippen LogP contribution is -2.34. The van der Waals surface area contributed by atoms with Gasteiger partial charge in [-0.2, -0.15) is 4.31 Å². The molecule has 21 heavy (non-hydrogen) atoms. The number of nitrogens with one attached hydrogen (secondary N) is 1. The number of halogens is 1. The van der Waals surface area contributed by atoms with E-state index in [0.717, 1.165) is 0 Å².